The Kier molecular flexibility index (Phi) is 2.23. The molecule has 5 nitrogen and oxygen atoms in total. The average Bonchev–Trinajstić information content (AvgIpc) is 2.30. The van der Waals surface area contributed by atoms with Crippen LogP contribution in [-0.2, 0) is 9.59 Å². The van der Waals surface area contributed by atoms with E-state index in [1.807, 2.05) is 5.32 Å². The van der Waals surface area contributed by atoms with Gasteiger partial charge in [0.05, 0.1) is 0 Å². The van der Waals surface area contributed by atoms with Crippen molar-refractivity contribution in [3.8, 4) is 0 Å². The lowest BCUT2D eigenvalue weighted by molar-refractivity contribution is -0.128. The van der Waals surface area contributed by atoms with E-state index < -0.39 is 18.0 Å². The summed E-state index contributed by atoms with van der Waals surface area (Å²) in [6.45, 7) is 3.35. The molecular formula is C7H8N2O3. The number of ketones is 1. The zero-order valence-corrected chi connectivity index (χ0v) is 6.29. The third-order valence-corrected chi connectivity index (χ3v) is 1.44. The maximum absolute atomic E-state index is 11.1. The third-order valence-electron chi connectivity index (χ3n) is 1.44. The van der Waals surface area contributed by atoms with Gasteiger partial charge in [-0.1, -0.05) is 6.08 Å². The molecule has 0 bridgehead atoms. The van der Waals surface area contributed by atoms with E-state index in [0.29, 0.717) is 0 Å². The minimum atomic E-state index is -1.03. The molecule has 0 aliphatic carbocycles. The lowest BCUT2D eigenvalue weighted by Crippen LogP contribution is -2.36. The van der Waals surface area contributed by atoms with E-state index in [4.69, 9.17) is 0 Å². The van der Waals surface area contributed by atoms with E-state index in [0.717, 1.165) is 0 Å². The number of urea groups is 1. The normalized spacial score (nSPS) is 21.5. The van der Waals surface area contributed by atoms with Gasteiger partial charge in [-0.25, -0.2) is 4.79 Å². The molecule has 0 radical (unpaired) electrons. The summed E-state index contributed by atoms with van der Waals surface area (Å²) < 4.78 is 0. The molecule has 2 N–H and O–H groups in total. The summed E-state index contributed by atoms with van der Waals surface area (Å²) in [6, 6.07) is -1.65. The Bertz CT molecular complexity index is 259. The molecule has 0 aromatic rings. The molecule has 64 valence electrons. The highest BCUT2D eigenvalue weighted by Gasteiger charge is 2.34. The van der Waals surface area contributed by atoms with Gasteiger partial charge in [0, 0.05) is 6.42 Å². The summed E-state index contributed by atoms with van der Waals surface area (Å²) in [5.41, 5.74) is 0. The van der Waals surface area contributed by atoms with Gasteiger partial charge in [0.2, 0.25) is 0 Å². The first kappa shape index (κ1) is 8.45. The highest BCUT2D eigenvalue weighted by Crippen LogP contribution is 1.98. The molecule has 12 heavy (non-hydrogen) atoms. The van der Waals surface area contributed by atoms with Gasteiger partial charge in [0.1, 0.15) is 0 Å². The molecule has 1 aliphatic rings. The predicted molar refractivity (Wildman–Crippen MR) is 40.3 cm³/mol. The van der Waals surface area contributed by atoms with Crippen LogP contribution in [0.2, 0.25) is 0 Å². The number of imide groups is 1. The first-order chi connectivity index (χ1) is 5.65. The van der Waals surface area contributed by atoms with E-state index in [9.17, 15) is 14.4 Å². The number of allylic oxidation sites excluding steroid dienone is 1. The molecule has 0 saturated carbocycles. The Morgan fingerprint density at radius 2 is 2.25 bits per heavy atom. The Balaban J connectivity index is 2.63. The van der Waals surface area contributed by atoms with Crippen molar-refractivity contribution in [1.29, 1.82) is 0 Å². The van der Waals surface area contributed by atoms with Gasteiger partial charge >= 0.3 is 6.03 Å². The van der Waals surface area contributed by atoms with Crippen LogP contribution in [0.5, 0.6) is 0 Å². The highest BCUT2D eigenvalue weighted by atomic mass is 16.2. The molecule has 3 amide bonds. The van der Waals surface area contributed by atoms with Crippen molar-refractivity contribution in [3.05, 3.63) is 12.7 Å². The summed E-state index contributed by atoms with van der Waals surface area (Å²) in [7, 11) is 0. The fourth-order valence-electron chi connectivity index (χ4n) is 0.904. The van der Waals surface area contributed by atoms with Crippen molar-refractivity contribution >= 4 is 17.7 Å². The second-order valence-electron chi connectivity index (χ2n) is 2.35. The summed E-state index contributed by atoms with van der Waals surface area (Å²) >= 11 is 0. The van der Waals surface area contributed by atoms with Gasteiger partial charge in [-0.2, -0.15) is 0 Å². The Hall–Kier alpha value is -1.65. The number of carbonyl (C=O) groups excluding carboxylic acids is 3. The number of Topliss-reactive ketones (excluding diaryl/α,β-unsaturated/α-hetero) is 1. The first-order valence-electron chi connectivity index (χ1n) is 3.40. The van der Waals surface area contributed by atoms with Crippen molar-refractivity contribution in [2.45, 2.75) is 12.5 Å². The van der Waals surface area contributed by atoms with Gasteiger partial charge < -0.3 is 5.32 Å². The molecule has 1 atom stereocenters. The molecule has 0 spiro atoms. The summed E-state index contributed by atoms with van der Waals surface area (Å²) in [4.78, 5) is 32.5. The summed E-state index contributed by atoms with van der Waals surface area (Å²) in [6.07, 6.45) is 1.47. The fourth-order valence-corrected chi connectivity index (χ4v) is 0.904. The molecule has 1 fully saturated rings. The van der Waals surface area contributed by atoms with Gasteiger partial charge in [0.15, 0.2) is 11.8 Å². The van der Waals surface area contributed by atoms with Crippen molar-refractivity contribution in [3.63, 3.8) is 0 Å². The maximum Gasteiger partial charge on any atom is 0.322 e. The lowest BCUT2D eigenvalue weighted by Gasteiger charge is -2.01. The van der Waals surface area contributed by atoms with Crippen LogP contribution in [0.3, 0.4) is 0 Å². The predicted octanol–water partition coefficient (Wildman–Crippen LogP) is -0.660. The monoisotopic (exact) mass is 168 g/mol. The quantitative estimate of drug-likeness (QED) is 0.333. The van der Waals surface area contributed by atoms with E-state index >= 15 is 0 Å². The fraction of sp³-hybridized carbons (Fsp3) is 0.286. The van der Waals surface area contributed by atoms with Crippen LogP contribution in [0.25, 0.3) is 0 Å². The second-order valence-corrected chi connectivity index (χ2v) is 2.35. The number of rotatable bonds is 3. The van der Waals surface area contributed by atoms with Crippen LogP contribution in [0, 0.1) is 0 Å². The Labute approximate surface area is 68.8 Å². The topological polar surface area (TPSA) is 75.3 Å². The summed E-state index contributed by atoms with van der Waals surface area (Å²) in [5.74, 6) is -0.944. The van der Waals surface area contributed by atoms with Crippen molar-refractivity contribution in [2.24, 2.45) is 0 Å². The number of nitrogens with one attached hydrogen (secondary N) is 2. The molecule has 0 aromatic carbocycles. The Morgan fingerprint density at radius 3 is 2.67 bits per heavy atom. The zero-order valence-electron chi connectivity index (χ0n) is 6.29. The van der Waals surface area contributed by atoms with Gasteiger partial charge in [-0.05, 0) is 0 Å². The largest absolute Gasteiger partial charge is 0.322 e. The molecule has 1 unspecified atom stereocenters. The van der Waals surface area contributed by atoms with E-state index in [-0.39, 0.29) is 12.2 Å². The molecule has 1 heterocycles. The second kappa shape index (κ2) is 3.17. The molecule has 1 saturated heterocycles. The van der Waals surface area contributed by atoms with Crippen LogP contribution in [0.15, 0.2) is 12.7 Å². The van der Waals surface area contributed by atoms with Gasteiger partial charge in [-0.15, -0.1) is 6.58 Å². The number of carbonyl (C=O) groups is 3. The molecule has 0 aromatic heterocycles. The van der Waals surface area contributed by atoms with Gasteiger partial charge in [-0.3, -0.25) is 14.9 Å². The number of hydrogen-bond donors (Lipinski definition) is 2. The summed E-state index contributed by atoms with van der Waals surface area (Å²) in [5, 5.41) is 4.15. The van der Waals surface area contributed by atoms with Crippen molar-refractivity contribution in [1.82, 2.24) is 10.6 Å². The number of amides is 3. The molecular weight excluding hydrogens is 160 g/mol. The minimum absolute atomic E-state index is 0.0817. The van der Waals surface area contributed by atoms with Crippen LogP contribution >= 0.6 is 0 Å². The van der Waals surface area contributed by atoms with Crippen molar-refractivity contribution in [2.75, 3.05) is 0 Å². The maximum atomic E-state index is 11.1. The smallest absolute Gasteiger partial charge is 0.319 e. The Morgan fingerprint density at radius 1 is 1.58 bits per heavy atom. The van der Waals surface area contributed by atoms with Gasteiger partial charge in [0.25, 0.3) is 5.91 Å². The van der Waals surface area contributed by atoms with Crippen LogP contribution in [-0.4, -0.2) is 23.8 Å². The molecule has 1 rings (SSSR count). The van der Waals surface area contributed by atoms with E-state index in [2.05, 4.69) is 11.9 Å². The highest BCUT2D eigenvalue weighted by molar-refractivity contribution is 6.16. The first-order valence-corrected chi connectivity index (χ1v) is 3.40. The SMILES string of the molecule is C=CCC(=O)C1NC(=O)NC1=O. The van der Waals surface area contributed by atoms with E-state index in [1.54, 1.807) is 0 Å². The molecule has 5 heteroatoms. The van der Waals surface area contributed by atoms with Crippen LogP contribution in [0.4, 0.5) is 4.79 Å². The van der Waals surface area contributed by atoms with E-state index in [1.165, 1.54) is 6.08 Å². The number of hydrogen-bond acceptors (Lipinski definition) is 3. The van der Waals surface area contributed by atoms with Crippen LogP contribution in [0.1, 0.15) is 6.42 Å². The average molecular weight is 168 g/mol. The molecule has 1 aliphatic heterocycles. The zero-order chi connectivity index (χ0) is 9.14. The minimum Gasteiger partial charge on any atom is -0.319 e. The lowest BCUT2D eigenvalue weighted by atomic mass is 10.1. The third kappa shape index (κ3) is 1.50. The standard InChI is InChI=1S/C7H8N2O3/c1-2-3-4(10)5-6(11)9-7(12)8-5/h2,5H,1,3H2,(H2,8,9,11,12). The van der Waals surface area contributed by atoms with Crippen molar-refractivity contribution < 1.29 is 14.4 Å². The van der Waals surface area contributed by atoms with Crippen LogP contribution < -0.4 is 10.6 Å².